The predicted octanol–water partition coefficient (Wildman–Crippen LogP) is 2.12. The van der Waals surface area contributed by atoms with Crippen molar-refractivity contribution in [1.82, 2.24) is 5.32 Å². The molecule has 0 heterocycles. The number of amides is 1. The quantitative estimate of drug-likeness (QED) is 0.797. The normalized spacial score (nSPS) is 10.3. The van der Waals surface area contributed by atoms with E-state index < -0.39 is 0 Å². The van der Waals surface area contributed by atoms with Gasteiger partial charge in [-0.05, 0) is 35.7 Å². The summed E-state index contributed by atoms with van der Waals surface area (Å²) in [4.78, 5) is 12.0. The van der Waals surface area contributed by atoms with Gasteiger partial charge in [0, 0.05) is 6.54 Å². The molecule has 1 amide bonds. The lowest BCUT2D eigenvalue weighted by molar-refractivity contribution is 0.0948. The minimum absolute atomic E-state index is 0.00385. The van der Waals surface area contributed by atoms with Crippen molar-refractivity contribution in [2.75, 3.05) is 0 Å². The van der Waals surface area contributed by atoms with Gasteiger partial charge in [-0.3, -0.25) is 4.79 Å². The number of hydrogen-bond acceptors (Lipinski definition) is 3. The summed E-state index contributed by atoms with van der Waals surface area (Å²) in [6.45, 7) is 2.23. The van der Waals surface area contributed by atoms with Crippen molar-refractivity contribution in [2.45, 2.75) is 20.1 Å². The van der Waals surface area contributed by atoms with Crippen molar-refractivity contribution in [2.24, 2.45) is 0 Å². The van der Waals surface area contributed by atoms with Crippen LogP contribution in [0.5, 0.6) is 5.75 Å². The Bertz CT molecular complexity index is 606. The number of phenolic OH excluding ortho intramolecular Hbond substituents is 1. The first-order chi connectivity index (χ1) is 9.60. The van der Waals surface area contributed by atoms with Crippen molar-refractivity contribution in [3.05, 3.63) is 64.7 Å². The number of phenols is 1. The topological polar surface area (TPSA) is 69.6 Å². The van der Waals surface area contributed by atoms with E-state index in [0.29, 0.717) is 6.54 Å². The number of hydrogen-bond donors (Lipinski definition) is 3. The summed E-state index contributed by atoms with van der Waals surface area (Å²) in [7, 11) is 0. The van der Waals surface area contributed by atoms with Crippen LogP contribution in [-0.2, 0) is 13.2 Å². The molecular weight excluding hydrogens is 254 g/mol. The molecule has 2 aromatic carbocycles. The number of carbonyl (C=O) groups is 1. The Hall–Kier alpha value is -2.33. The summed E-state index contributed by atoms with van der Waals surface area (Å²) >= 11 is 0. The Balaban J connectivity index is 2.00. The highest BCUT2D eigenvalue weighted by molar-refractivity contribution is 5.96. The van der Waals surface area contributed by atoms with Gasteiger partial charge in [0.1, 0.15) is 5.75 Å². The number of aryl methyl sites for hydroxylation is 1. The average molecular weight is 271 g/mol. The maximum atomic E-state index is 12.0. The molecule has 0 spiro atoms. The summed E-state index contributed by atoms with van der Waals surface area (Å²) in [5.41, 5.74) is 2.93. The summed E-state index contributed by atoms with van der Waals surface area (Å²) < 4.78 is 0. The number of carbonyl (C=O) groups excluding carboxylic acids is 1. The number of aliphatic hydroxyl groups is 1. The third-order valence-corrected chi connectivity index (χ3v) is 3.06. The Morgan fingerprint density at radius 1 is 1.10 bits per heavy atom. The van der Waals surface area contributed by atoms with Crippen LogP contribution in [0, 0.1) is 6.92 Å². The summed E-state index contributed by atoms with van der Waals surface area (Å²) in [6.07, 6.45) is 0. The van der Waals surface area contributed by atoms with E-state index in [0.717, 1.165) is 16.7 Å². The van der Waals surface area contributed by atoms with Gasteiger partial charge in [0.05, 0.1) is 12.2 Å². The Morgan fingerprint density at radius 2 is 1.75 bits per heavy atom. The molecule has 0 atom stereocenters. The monoisotopic (exact) mass is 271 g/mol. The second-order valence-corrected chi connectivity index (χ2v) is 4.68. The van der Waals surface area contributed by atoms with Crippen LogP contribution in [0.15, 0.2) is 42.5 Å². The lowest BCUT2D eigenvalue weighted by Crippen LogP contribution is -2.22. The second-order valence-electron chi connectivity index (χ2n) is 4.68. The molecule has 0 aliphatic heterocycles. The number of nitrogens with one attached hydrogen (secondary N) is 1. The minimum Gasteiger partial charge on any atom is -0.507 e. The van der Waals surface area contributed by atoms with Gasteiger partial charge in [0.25, 0.3) is 5.91 Å². The highest BCUT2D eigenvalue weighted by atomic mass is 16.3. The number of aromatic hydroxyl groups is 1. The van der Waals surface area contributed by atoms with Gasteiger partial charge in [-0.2, -0.15) is 0 Å². The molecule has 0 fully saturated rings. The average Bonchev–Trinajstić information content (AvgIpc) is 2.45. The molecule has 104 valence electrons. The lowest BCUT2D eigenvalue weighted by Gasteiger charge is -2.08. The maximum Gasteiger partial charge on any atom is 0.255 e. The molecule has 0 saturated carbocycles. The van der Waals surface area contributed by atoms with Crippen molar-refractivity contribution >= 4 is 5.91 Å². The smallest absolute Gasteiger partial charge is 0.255 e. The standard InChI is InChI=1S/C16H17NO3/c1-11-2-7-14(15(19)8-11)16(20)17-9-12-3-5-13(10-18)6-4-12/h2-8,18-19H,9-10H2,1H3,(H,17,20). The fourth-order valence-electron chi connectivity index (χ4n) is 1.87. The fraction of sp³-hybridized carbons (Fsp3) is 0.188. The van der Waals surface area contributed by atoms with Gasteiger partial charge in [-0.1, -0.05) is 30.3 Å². The third kappa shape index (κ3) is 3.36. The molecule has 4 heteroatoms. The molecule has 0 bridgehead atoms. The largest absolute Gasteiger partial charge is 0.507 e. The first-order valence-corrected chi connectivity index (χ1v) is 6.36. The Labute approximate surface area is 117 Å². The first-order valence-electron chi connectivity index (χ1n) is 6.36. The van der Waals surface area contributed by atoms with Gasteiger partial charge >= 0.3 is 0 Å². The molecule has 0 aromatic heterocycles. The SMILES string of the molecule is Cc1ccc(C(=O)NCc2ccc(CO)cc2)c(O)c1. The van der Waals surface area contributed by atoms with Crippen LogP contribution >= 0.6 is 0 Å². The Morgan fingerprint density at radius 3 is 2.35 bits per heavy atom. The number of aliphatic hydroxyl groups excluding tert-OH is 1. The second kappa shape index (κ2) is 6.21. The zero-order valence-electron chi connectivity index (χ0n) is 11.3. The van der Waals surface area contributed by atoms with Crippen molar-refractivity contribution in [3.63, 3.8) is 0 Å². The number of rotatable bonds is 4. The zero-order chi connectivity index (χ0) is 14.5. The van der Waals surface area contributed by atoms with Crippen LogP contribution in [0.4, 0.5) is 0 Å². The number of benzene rings is 2. The predicted molar refractivity (Wildman–Crippen MR) is 76.4 cm³/mol. The molecule has 4 nitrogen and oxygen atoms in total. The van der Waals surface area contributed by atoms with E-state index in [2.05, 4.69) is 5.32 Å². The molecule has 0 aliphatic rings. The van der Waals surface area contributed by atoms with Gasteiger partial charge in [-0.25, -0.2) is 0 Å². The van der Waals surface area contributed by atoms with Gasteiger partial charge in [0.15, 0.2) is 0 Å². The summed E-state index contributed by atoms with van der Waals surface area (Å²) in [6, 6.07) is 12.3. The van der Waals surface area contributed by atoms with E-state index in [-0.39, 0.29) is 23.8 Å². The minimum atomic E-state index is -0.311. The maximum absolute atomic E-state index is 12.0. The molecule has 3 N–H and O–H groups in total. The summed E-state index contributed by atoms with van der Waals surface area (Å²) in [5.74, 6) is -0.327. The third-order valence-electron chi connectivity index (χ3n) is 3.06. The van der Waals surface area contributed by atoms with Gasteiger partial charge < -0.3 is 15.5 Å². The molecule has 0 unspecified atom stereocenters. The van der Waals surface area contributed by atoms with Gasteiger partial charge in [-0.15, -0.1) is 0 Å². The molecule has 0 radical (unpaired) electrons. The van der Waals surface area contributed by atoms with Crippen LogP contribution in [0.3, 0.4) is 0 Å². The van der Waals surface area contributed by atoms with Gasteiger partial charge in [0.2, 0.25) is 0 Å². The van der Waals surface area contributed by atoms with E-state index in [9.17, 15) is 9.90 Å². The summed E-state index contributed by atoms with van der Waals surface area (Å²) in [5, 5.41) is 21.4. The fourth-order valence-corrected chi connectivity index (χ4v) is 1.87. The highest BCUT2D eigenvalue weighted by Crippen LogP contribution is 2.18. The van der Waals surface area contributed by atoms with Crippen LogP contribution in [0.1, 0.15) is 27.0 Å². The van der Waals surface area contributed by atoms with Crippen molar-refractivity contribution in [3.8, 4) is 5.75 Å². The Kier molecular flexibility index (Phi) is 4.38. The zero-order valence-corrected chi connectivity index (χ0v) is 11.3. The van der Waals surface area contributed by atoms with E-state index in [4.69, 9.17) is 5.11 Å². The van der Waals surface area contributed by atoms with E-state index >= 15 is 0 Å². The van der Waals surface area contributed by atoms with Crippen molar-refractivity contribution in [1.29, 1.82) is 0 Å². The molecule has 20 heavy (non-hydrogen) atoms. The van der Waals surface area contributed by atoms with E-state index in [1.165, 1.54) is 0 Å². The molecule has 2 aromatic rings. The molecule has 0 saturated heterocycles. The first kappa shape index (κ1) is 14.1. The van der Waals surface area contributed by atoms with Crippen LogP contribution in [-0.4, -0.2) is 16.1 Å². The van der Waals surface area contributed by atoms with Crippen molar-refractivity contribution < 1.29 is 15.0 Å². The highest BCUT2D eigenvalue weighted by Gasteiger charge is 2.10. The molecule has 2 rings (SSSR count). The van der Waals surface area contributed by atoms with E-state index in [1.54, 1.807) is 18.2 Å². The van der Waals surface area contributed by atoms with Crippen LogP contribution < -0.4 is 5.32 Å². The molecular formula is C16H17NO3. The van der Waals surface area contributed by atoms with E-state index in [1.807, 2.05) is 31.2 Å². The van der Waals surface area contributed by atoms with Crippen LogP contribution in [0.2, 0.25) is 0 Å². The van der Waals surface area contributed by atoms with Crippen LogP contribution in [0.25, 0.3) is 0 Å². The lowest BCUT2D eigenvalue weighted by atomic mass is 10.1. The molecule has 0 aliphatic carbocycles.